The fraction of sp³-hybridized carbons (Fsp3) is 0.500. The van der Waals surface area contributed by atoms with Gasteiger partial charge in [0.05, 0.1) is 15.0 Å². The van der Waals surface area contributed by atoms with Gasteiger partial charge in [-0.25, -0.2) is 4.79 Å². The number of hydrogen-bond acceptors (Lipinski definition) is 5. The van der Waals surface area contributed by atoms with Gasteiger partial charge in [-0.05, 0) is 46.3 Å². The molecular formula is C16H19BrN2O5. The van der Waals surface area contributed by atoms with Crippen LogP contribution in [0.3, 0.4) is 0 Å². The molecule has 2 rings (SSSR count). The summed E-state index contributed by atoms with van der Waals surface area (Å²) in [6.07, 6.45) is 1.08. The first-order chi connectivity index (χ1) is 11.3. The average molecular weight is 399 g/mol. The molecule has 0 aromatic heterocycles. The van der Waals surface area contributed by atoms with Crippen LogP contribution in [-0.4, -0.2) is 41.4 Å². The fourth-order valence-corrected chi connectivity index (χ4v) is 3.34. The average Bonchev–Trinajstić information content (AvgIpc) is 2.51. The van der Waals surface area contributed by atoms with Crippen LogP contribution < -0.4 is 0 Å². The molecule has 0 N–H and O–H groups in total. The van der Waals surface area contributed by atoms with Gasteiger partial charge in [0.15, 0.2) is 6.61 Å². The van der Waals surface area contributed by atoms with E-state index in [0.29, 0.717) is 24.9 Å². The van der Waals surface area contributed by atoms with E-state index in [-0.39, 0.29) is 28.2 Å². The van der Waals surface area contributed by atoms with Crippen LogP contribution in [0.15, 0.2) is 22.7 Å². The molecule has 7 nitrogen and oxygen atoms in total. The topological polar surface area (TPSA) is 89.8 Å². The fourth-order valence-electron chi connectivity index (χ4n) is 2.95. The summed E-state index contributed by atoms with van der Waals surface area (Å²) in [5.41, 5.74) is -0.187. The van der Waals surface area contributed by atoms with Crippen LogP contribution in [0.5, 0.6) is 0 Å². The molecule has 1 aliphatic heterocycles. The van der Waals surface area contributed by atoms with Crippen molar-refractivity contribution in [3.05, 3.63) is 38.3 Å². The number of nitro groups is 1. The summed E-state index contributed by atoms with van der Waals surface area (Å²) in [6, 6.07) is 3.95. The van der Waals surface area contributed by atoms with E-state index in [1.165, 1.54) is 12.1 Å². The summed E-state index contributed by atoms with van der Waals surface area (Å²) in [4.78, 5) is 36.2. The molecular weight excluding hydrogens is 380 g/mol. The highest BCUT2D eigenvalue weighted by molar-refractivity contribution is 9.10. The number of amides is 1. The lowest BCUT2D eigenvalue weighted by molar-refractivity contribution is -0.385. The molecule has 0 bridgehead atoms. The van der Waals surface area contributed by atoms with Crippen molar-refractivity contribution in [1.29, 1.82) is 0 Å². The van der Waals surface area contributed by atoms with Crippen LogP contribution >= 0.6 is 15.9 Å². The molecule has 1 amide bonds. The summed E-state index contributed by atoms with van der Waals surface area (Å²) in [5.74, 6) is -0.157. The number of ether oxygens (including phenoxy) is 1. The number of carbonyl (C=O) groups excluding carboxylic acids is 2. The van der Waals surface area contributed by atoms with E-state index in [1.807, 2.05) is 0 Å². The molecule has 1 aliphatic rings. The monoisotopic (exact) mass is 398 g/mol. The van der Waals surface area contributed by atoms with E-state index >= 15 is 0 Å². The standard InChI is InChI=1S/C16H19BrN2O5/c1-10-5-11(2)8-18(7-10)15(20)9-24-16(21)12-3-4-13(17)14(6-12)19(22)23/h3-4,6,10-11H,5,7-9H2,1-2H3/t10-,11+. The SMILES string of the molecule is C[C@@H]1C[C@H](C)CN(C(=O)COC(=O)c2ccc(Br)c([N+](=O)[O-])c2)C1. The molecule has 1 heterocycles. The highest BCUT2D eigenvalue weighted by Crippen LogP contribution is 2.26. The molecule has 0 unspecified atom stereocenters. The number of nitro benzene ring substituents is 1. The molecule has 8 heteroatoms. The van der Waals surface area contributed by atoms with Crippen LogP contribution in [0.25, 0.3) is 0 Å². The maximum absolute atomic E-state index is 12.2. The van der Waals surface area contributed by atoms with E-state index in [4.69, 9.17) is 4.74 Å². The molecule has 1 aromatic rings. The zero-order valence-electron chi connectivity index (χ0n) is 13.5. The van der Waals surface area contributed by atoms with Gasteiger partial charge in [0.1, 0.15) is 0 Å². The predicted octanol–water partition coefficient (Wildman–Crippen LogP) is 3.02. The van der Waals surface area contributed by atoms with Crippen molar-refractivity contribution in [2.24, 2.45) is 11.8 Å². The van der Waals surface area contributed by atoms with Crippen molar-refractivity contribution >= 4 is 33.5 Å². The summed E-state index contributed by atoms with van der Waals surface area (Å²) in [6.45, 7) is 5.13. The molecule has 24 heavy (non-hydrogen) atoms. The van der Waals surface area contributed by atoms with E-state index in [2.05, 4.69) is 29.8 Å². The first kappa shape index (κ1) is 18.4. The second-order valence-electron chi connectivity index (χ2n) is 6.24. The molecule has 130 valence electrons. The minimum atomic E-state index is -0.753. The normalized spacial score (nSPS) is 20.5. The lowest BCUT2D eigenvalue weighted by Gasteiger charge is -2.34. The summed E-state index contributed by atoms with van der Waals surface area (Å²) >= 11 is 3.05. The number of rotatable bonds is 4. The van der Waals surface area contributed by atoms with Crippen molar-refractivity contribution in [2.75, 3.05) is 19.7 Å². The molecule has 0 radical (unpaired) electrons. The minimum absolute atomic E-state index is 0.0399. The van der Waals surface area contributed by atoms with Crippen molar-refractivity contribution < 1.29 is 19.2 Å². The van der Waals surface area contributed by atoms with Crippen molar-refractivity contribution in [2.45, 2.75) is 20.3 Å². The van der Waals surface area contributed by atoms with Crippen molar-refractivity contribution in [3.63, 3.8) is 0 Å². The second-order valence-corrected chi connectivity index (χ2v) is 7.10. The number of nitrogens with zero attached hydrogens (tertiary/aromatic N) is 2. The molecule has 1 aromatic carbocycles. The van der Waals surface area contributed by atoms with Gasteiger partial charge >= 0.3 is 5.97 Å². The molecule has 0 saturated carbocycles. The first-order valence-electron chi connectivity index (χ1n) is 7.66. The Morgan fingerprint density at radius 1 is 1.33 bits per heavy atom. The number of halogens is 1. The Morgan fingerprint density at radius 3 is 2.54 bits per heavy atom. The third kappa shape index (κ3) is 4.53. The Kier molecular flexibility index (Phi) is 5.93. The number of benzene rings is 1. The molecule has 1 fully saturated rings. The van der Waals surface area contributed by atoms with Gasteiger partial charge in [-0.2, -0.15) is 0 Å². The Bertz CT molecular complexity index is 654. The summed E-state index contributed by atoms with van der Waals surface area (Å²) < 4.78 is 5.29. The zero-order valence-corrected chi connectivity index (χ0v) is 15.1. The summed E-state index contributed by atoms with van der Waals surface area (Å²) in [7, 11) is 0. The van der Waals surface area contributed by atoms with Gasteiger partial charge in [-0.15, -0.1) is 0 Å². The van der Waals surface area contributed by atoms with Crippen molar-refractivity contribution in [1.82, 2.24) is 4.90 Å². The predicted molar refractivity (Wildman–Crippen MR) is 90.6 cm³/mol. The third-order valence-electron chi connectivity index (χ3n) is 3.93. The highest BCUT2D eigenvalue weighted by atomic mass is 79.9. The van der Waals surface area contributed by atoms with Gasteiger partial charge in [0.2, 0.25) is 0 Å². The van der Waals surface area contributed by atoms with Gasteiger partial charge in [-0.1, -0.05) is 13.8 Å². The third-order valence-corrected chi connectivity index (χ3v) is 4.60. The Morgan fingerprint density at radius 2 is 1.96 bits per heavy atom. The van der Waals surface area contributed by atoms with Gasteiger partial charge < -0.3 is 9.64 Å². The van der Waals surface area contributed by atoms with Crippen LogP contribution in [0.4, 0.5) is 5.69 Å². The number of piperidine rings is 1. The Hall–Kier alpha value is -1.96. The second kappa shape index (κ2) is 7.74. The van der Waals surface area contributed by atoms with Crippen molar-refractivity contribution in [3.8, 4) is 0 Å². The van der Waals surface area contributed by atoms with Crippen LogP contribution in [-0.2, 0) is 9.53 Å². The van der Waals surface area contributed by atoms with Gasteiger partial charge in [0.25, 0.3) is 11.6 Å². The zero-order chi connectivity index (χ0) is 17.9. The number of carbonyl (C=O) groups is 2. The highest BCUT2D eigenvalue weighted by Gasteiger charge is 2.26. The lowest BCUT2D eigenvalue weighted by Crippen LogP contribution is -2.44. The number of esters is 1. The van der Waals surface area contributed by atoms with Crippen LogP contribution in [0.1, 0.15) is 30.6 Å². The Labute approximate surface area is 148 Å². The van der Waals surface area contributed by atoms with Gasteiger partial charge in [0, 0.05) is 19.2 Å². The smallest absolute Gasteiger partial charge is 0.338 e. The van der Waals surface area contributed by atoms with E-state index in [9.17, 15) is 19.7 Å². The largest absolute Gasteiger partial charge is 0.452 e. The summed E-state index contributed by atoms with van der Waals surface area (Å²) in [5, 5.41) is 10.9. The first-order valence-corrected chi connectivity index (χ1v) is 8.46. The lowest BCUT2D eigenvalue weighted by atomic mass is 9.92. The quantitative estimate of drug-likeness (QED) is 0.441. The van der Waals surface area contributed by atoms with E-state index in [1.54, 1.807) is 4.90 Å². The molecule has 0 spiro atoms. The number of likely N-dealkylation sites (tertiary alicyclic amines) is 1. The van der Waals surface area contributed by atoms with E-state index < -0.39 is 10.9 Å². The maximum atomic E-state index is 12.2. The molecule has 2 atom stereocenters. The van der Waals surface area contributed by atoms with E-state index in [0.717, 1.165) is 12.5 Å². The maximum Gasteiger partial charge on any atom is 0.338 e. The molecule has 1 saturated heterocycles. The molecule has 0 aliphatic carbocycles. The van der Waals surface area contributed by atoms with Crippen LogP contribution in [0, 0.1) is 22.0 Å². The Balaban J connectivity index is 1.96. The minimum Gasteiger partial charge on any atom is -0.452 e. The number of hydrogen-bond donors (Lipinski definition) is 0. The van der Waals surface area contributed by atoms with Gasteiger partial charge in [-0.3, -0.25) is 14.9 Å². The van der Waals surface area contributed by atoms with Crippen LogP contribution in [0.2, 0.25) is 0 Å².